The lowest BCUT2D eigenvalue weighted by atomic mass is 9.87. The van der Waals surface area contributed by atoms with E-state index in [4.69, 9.17) is 17.3 Å². The molecule has 1 aliphatic carbocycles. The number of halogens is 1. The highest BCUT2D eigenvalue weighted by Gasteiger charge is 2.26. The van der Waals surface area contributed by atoms with Crippen LogP contribution < -0.4 is 16.6 Å². The summed E-state index contributed by atoms with van der Waals surface area (Å²) in [5.74, 6) is 0. The van der Waals surface area contributed by atoms with Crippen molar-refractivity contribution in [1.29, 1.82) is 0 Å². The Labute approximate surface area is 105 Å². The molecule has 0 spiro atoms. The largest absolute Gasteiger partial charge is 0.380 e. The van der Waals surface area contributed by atoms with Crippen LogP contribution in [0, 0.1) is 0 Å². The summed E-state index contributed by atoms with van der Waals surface area (Å²) in [5, 5.41) is 7.50. The van der Waals surface area contributed by atoms with Gasteiger partial charge < -0.3 is 11.1 Å². The zero-order valence-corrected chi connectivity index (χ0v) is 10.6. The molecule has 17 heavy (non-hydrogen) atoms. The fraction of sp³-hybridized carbons (Fsp3) is 0.636. The van der Waals surface area contributed by atoms with Gasteiger partial charge in [-0.1, -0.05) is 18.5 Å². The molecule has 6 heteroatoms. The Morgan fingerprint density at radius 3 is 2.94 bits per heavy atom. The lowest BCUT2D eigenvalue weighted by Crippen LogP contribution is -2.44. The minimum atomic E-state index is -0.234. The average Bonchev–Trinajstić information content (AvgIpc) is 2.26. The predicted molar refractivity (Wildman–Crippen MR) is 68.4 cm³/mol. The van der Waals surface area contributed by atoms with Gasteiger partial charge in [-0.05, 0) is 19.3 Å². The molecule has 94 valence electrons. The summed E-state index contributed by atoms with van der Waals surface area (Å²) in [6.45, 7) is 2.58. The van der Waals surface area contributed by atoms with E-state index < -0.39 is 0 Å². The zero-order valence-electron chi connectivity index (χ0n) is 9.82. The maximum Gasteiger partial charge on any atom is 0.287 e. The summed E-state index contributed by atoms with van der Waals surface area (Å²) < 4.78 is 1.39. The van der Waals surface area contributed by atoms with E-state index >= 15 is 0 Å². The first kappa shape index (κ1) is 12.4. The quantitative estimate of drug-likeness (QED) is 0.849. The van der Waals surface area contributed by atoms with Crippen molar-refractivity contribution in [2.75, 3.05) is 5.32 Å². The summed E-state index contributed by atoms with van der Waals surface area (Å²) in [6.07, 6.45) is 4.29. The maximum atomic E-state index is 11.8. The van der Waals surface area contributed by atoms with Gasteiger partial charge in [0.15, 0.2) is 0 Å². The van der Waals surface area contributed by atoms with Gasteiger partial charge in [-0.25, -0.2) is 4.68 Å². The normalized spacial score (nSPS) is 23.2. The monoisotopic (exact) mass is 256 g/mol. The van der Waals surface area contributed by atoms with Crippen LogP contribution in [-0.2, 0) is 6.54 Å². The smallest absolute Gasteiger partial charge is 0.287 e. The Balaban J connectivity index is 2.13. The molecule has 0 radical (unpaired) electrons. The summed E-state index contributed by atoms with van der Waals surface area (Å²) in [7, 11) is 0. The van der Waals surface area contributed by atoms with E-state index in [2.05, 4.69) is 10.4 Å². The Hall–Kier alpha value is -1.07. The van der Waals surface area contributed by atoms with Crippen molar-refractivity contribution in [3.8, 4) is 0 Å². The van der Waals surface area contributed by atoms with Gasteiger partial charge in [-0.3, -0.25) is 4.79 Å². The molecule has 0 bridgehead atoms. The Morgan fingerprint density at radius 2 is 2.35 bits per heavy atom. The van der Waals surface area contributed by atoms with Gasteiger partial charge >= 0.3 is 0 Å². The number of nitrogens with two attached hydrogens (primary N) is 1. The topological polar surface area (TPSA) is 72.9 Å². The van der Waals surface area contributed by atoms with Crippen molar-refractivity contribution < 1.29 is 0 Å². The van der Waals surface area contributed by atoms with E-state index in [1.807, 2.05) is 6.92 Å². The molecule has 5 nitrogen and oxygen atoms in total. The molecule has 1 aromatic heterocycles. The lowest BCUT2D eigenvalue weighted by molar-refractivity contribution is 0.373. The molecule has 0 amide bonds. The fourth-order valence-electron chi connectivity index (χ4n) is 1.94. The number of aryl methyl sites for hydroxylation is 1. The van der Waals surface area contributed by atoms with Gasteiger partial charge in [0.2, 0.25) is 0 Å². The SMILES string of the molecule is CCCn1ncc(NC2CC(N)C2)c(Cl)c1=O. The average molecular weight is 257 g/mol. The first-order valence-corrected chi connectivity index (χ1v) is 6.27. The minimum Gasteiger partial charge on any atom is -0.380 e. The zero-order chi connectivity index (χ0) is 12.4. The number of aromatic nitrogens is 2. The molecule has 1 heterocycles. The molecule has 1 aromatic rings. The van der Waals surface area contributed by atoms with Crippen molar-refractivity contribution in [2.24, 2.45) is 5.73 Å². The molecule has 0 saturated heterocycles. The van der Waals surface area contributed by atoms with Crippen molar-refractivity contribution >= 4 is 17.3 Å². The number of anilines is 1. The summed E-state index contributed by atoms with van der Waals surface area (Å²) in [5.41, 5.74) is 6.08. The van der Waals surface area contributed by atoms with Crippen LogP contribution in [-0.4, -0.2) is 21.9 Å². The van der Waals surface area contributed by atoms with Gasteiger partial charge in [0.05, 0.1) is 11.9 Å². The molecule has 3 N–H and O–H groups in total. The third kappa shape index (κ3) is 2.61. The van der Waals surface area contributed by atoms with Gasteiger partial charge in [0.25, 0.3) is 5.56 Å². The van der Waals surface area contributed by atoms with Crippen LogP contribution in [0.1, 0.15) is 26.2 Å². The van der Waals surface area contributed by atoms with Crippen LogP contribution in [0.3, 0.4) is 0 Å². The Kier molecular flexibility index (Phi) is 3.69. The summed E-state index contributed by atoms with van der Waals surface area (Å²) in [4.78, 5) is 11.8. The molecule has 1 fully saturated rings. The minimum absolute atomic E-state index is 0.217. The number of hydrogen-bond acceptors (Lipinski definition) is 4. The first-order valence-electron chi connectivity index (χ1n) is 5.89. The Morgan fingerprint density at radius 1 is 1.65 bits per heavy atom. The summed E-state index contributed by atoms with van der Waals surface area (Å²) in [6, 6.07) is 0.574. The molecule has 0 unspecified atom stereocenters. The Bertz CT molecular complexity index is 453. The number of nitrogens with one attached hydrogen (secondary N) is 1. The number of rotatable bonds is 4. The fourth-order valence-corrected chi connectivity index (χ4v) is 2.14. The van der Waals surface area contributed by atoms with Crippen molar-refractivity contribution in [3.05, 3.63) is 21.6 Å². The van der Waals surface area contributed by atoms with E-state index in [0.717, 1.165) is 19.3 Å². The second-order valence-corrected chi connectivity index (χ2v) is 4.85. The first-order chi connectivity index (χ1) is 8.11. The lowest BCUT2D eigenvalue weighted by Gasteiger charge is -2.33. The van der Waals surface area contributed by atoms with Crippen LogP contribution in [0.25, 0.3) is 0 Å². The van der Waals surface area contributed by atoms with Crippen LogP contribution in [0.5, 0.6) is 0 Å². The van der Waals surface area contributed by atoms with E-state index in [1.54, 1.807) is 6.20 Å². The van der Waals surface area contributed by atoms with Gasteiger partial charge in [-0.15, -0.1) is 0 Å². The highest BCUT2D eigenvalue weighted by Crippen LogP contribution is 2.24. The third-order valence-electron chi connectivity index (χ3n) is 2.95. The van der Waals surface area contributed by atoms with Crippen LogP contribution >= 0.6 is 11.6 Å². The predicted octanol–water partition coefficient (Wildman–Crippen LogP) is 1.21. The van der Waals surface area contributed by atoms with Crippen LogP contribution in [0.4, 0.5) is 5.69 Å². The van der Waals surface area contributed by atoms with E-state index in [0.29, 0.717) is 18.3 Å². The second kappa shape index (κ2) is 5.06. The van der Waals surface area contributed by atoms with Crippen molar-refractivity contribution in [1.82, 2.24) is 9.78 Å². The molecule has 0 atom stereocenters. The molecule has 2 rings (SSSR count). The van der Waals surface area contributed by atoms with Crippen molar-refractivity contribution in [3.63, 3.8) is 0 Å². The molecular formula is C11H17ClN4O. The number of hydrogen-bond donors (Lipinski definition) is 2. The molecule has 0 aliphatic heterocycles. The molecule has 1 saturated carbocycles. The van der Waals surface area contributed by atoms with Gasteiger partial charge in [0, 0.05) is 18.6 Å². The molecule has 0 aromatic carbocycles. The molecule has 1 aliphatic rings. The maximum absolute atomic E-state index is 11.8. The van der Waals surface area contributed by atoms with Crippen LogP contribution in [0.2, 0.25) is 5.02 Å². The van der Waals surface area contributed by atoms with Gasteiger partial charge in [0.1, 0.15) is 5.02 Å². The highest BCUT2D eigenvalue weighted by atomic mass is 35.5. The van der Waals surface area contributed by atoms with E-state index in [-0.39, 0.29) is 16.6 Å². The van der Waals surface area contributed by atoms with Gasteiger partial charge in [-0.2, -0.15) is 5.10 Å². The van der Waals surface area contributed by atoms with E-state index in [9.17, 15) is 4.79 Å². The van der Waals surface area contributed by atoms with Crippen molar-refractivity contribution in [2.45, 2.75) is 44.8 Å². The highest BCUT2D eigenvalue weighted by molar-refractivity contribution is 6.32. The molecular weight excluding hydrogens is 240 g/mol. The third-order valence-corrected chi connectivity index (χ3v) is 3.32. The number of nitrogens with zero attached hydrogens (tertiary/aromatic N) is 2. The van der Waals surface area contributed by atoms with Crippen LogP contribution in [0.15, 0.2) is 11.0 Å². The van der Waals surface area contributed by atoms with E-state index in [1.165, 1.54) is 4.68 Å². The standard InChI is InChI=1S/C11H17ClN4O/c1-2-3-16-11(17)10(12)9(6-14-16)15-8-4-7(13)5-8/h6-8,15H,2-5,13H2,1H3. The second-order valence-electron chi connectivity index (χ2n) is 4.47. The summed E-state index contributed by atoms with van der Waals surface area (Å²) >= 11 is 6.03.